The number of benzene rings is 1. The molecule has 3 heterocycles. The summed E-state index contributed by atoms with van der Waals surface area (Å²) >= 11 is 0. The van der Waals surface area contributed by atoms with Gasteiger partial charge in [0.25, 0.3) is 11.5 Å². The van der Waals surface area contributed by atoms with E-state index in [-0.39, 0.29) is 23.7 Å². The summed E-state index contributed by atoms with van der Waals surface area (Å²) < 4.78 is 0. The van der Waals surface area contributed by atoms with Crippen LogP contribution in [0, 0.1) is 11.8 Å². The number of hydrogen-bond donors (Lipinski definition) is 2. The maximum absolute atomic E-state index is 13.0. The van der Waals surface area contributed by atoms with E-state index in [9.17, 15) is 14.7 Å². The van der Waals surface area contributed by atoms with E-state index in [2.05, 4.69) is 14.9 Å². The van der Waals surface area contributed by atoms with Crippen LogP contribution >= 0.6 is 0 Å². The number of aromatic nitrogens is 2. The zero-order valence-corrected chi connectivity index (χ0v) is 15.9. The lowest BCUT2D eigenvalue weighted by molar-refractivity contribution is -0.000864. The van der Waals surface area contributed by atoms with E-state index in [0.717, 1.165) is 25.9 Å². The molecule has 3 aliphatic rings. The number of carbonyl (C=O) groups excluding carboxylic acids is 1. The molecule has 4 atom stereocenters. The first-order chi connectivity index (χ1) is 13.6. The van der Waals surface area contributed by atoms with Gasteiger partial charge in [0.2, 0.25) is 0 Å². The lowest BCUT2D eigenvalue weighted by atomic mass is 9.77. The number of hydrogen-bond acceptors (Lipinski definition) is 5. The van der Waals surface area contributed by atoms with Gasteiger partial charge in [-0.3, -0.25) is 14.5 Å². The number of rotatable bonds is 2. The number of aliphatic hydroxyl groups excluding tert-OH is 1. The number of aromatic amines is 1. The molecule has 7 heteroatoms. The standard InChI is InChI=1S/C21H26N4O3/c26-18-10-14-12-25(11-13(14)9-17(18)24-7-3-4-8-24)21(28)19-20(27)23-16-6-2-1-5-15(16)22-19/h1-2,5-6,13-14,17-18,26H,3-4,7-12H2,(H,23,27)/t13-,14+,17-,18-/m1/s1. The predicted molar refractivity (Wildman–Crippen MR) is 105 cm³/mol. The van der Waals surface area contributed by atoms with E-state index in [0.29, 0.717) is 36.0 Å². The van der Waals surface area contributed by atoms with Crippen molar-refractivity contribution >= 4 is 16.9 Å². The Kier molecular flexibility index (Phi) is 4.44. The Morgan fingerprint density at radius 2 is 1.82 bits per heavy atom. The van der Waals surface area contributed by atoms with Gasteiger partial charge < -0.3 is 15.0 Å². The normalized spacial score (nSPS) is 30.7. The third kappa shape index (κ3) is 3.02. The Hall–Kier alpha value is -2.25. The first-order valence-corrected chi connectivity index (χ1v) is 10.3. The summed E-state index contributed by atoms with van der Waals surface area (Å²) in [7, 11) is 0. The number of amides is 1. The molecule has 1 aliphatic carbocycles. The predicted octanol–water partition coefficient (Wildman–Crippen LogP) is 1.23. The van der Waals surface area contributed by atoms with Gasteiger partial charge in [-0.2, -0.15) is 0 Å². The highest BCUT2D eigenvalue weighted by Crippen LogP contribution is 2.39. The molecule has 2 saturated heterocycles. The Morgan fingerprint density at radius 1 is 1.11 bits per heavy atom. The number of nitrogens with zero attached hydrogens (tertiary/aromatic N) is 3. The number of carbonyl (C=O) groups is 1. The summed E-state index contributed by atoms with van der Waals surface area (Å²) in [4.78, 5) is 36.7. The van der Waals surface area contributed by atoms with Gasteiger partial charge >= 0.3 is 0 Å². The second kappa shape index (κ2) is 6.97. The number of aliphatic hydroxyl groups is 1. The smallest absolute Gasteiger partial charge is 0.280 e. The minimum absolute atomic E-state index is 0.0333. The quantitative estimate of drug-likeness (QED) is 0.816. The third-order valence-corrected chi connectivity index (χ3v) is 6.81. The van der Waals surface area contributed by atoms with E-state index >= 15 is 0 Å². The topological polar surface area (TPSA) is 89.5 Å². The zero-order chi connectivity index (χ0) is 19.3. The van der Waals surface area contributed by atoms with Crippen molar-refractivity contribution in [1.82, 2.24) is 19.8 Å². The van der Waals surface area contributed by atoms with Gasteiger partial charge in [0.1, 0.15) is 0 Å². The third-order valence-electron chi connectivity index (χ3n) is 6.81. The average Bonchev–Trinajstić information content (AvgIpc) is 3.35. The molecule has 2 aromatic rings. The van der Waals surface area contributed by atoms with Crippen LogP contribution < -0.4 is 5.56 Å². The second-order valence-corrected chi connectivity index (χ2v) is 8.51. The molecule has 1 saturated carbocycles. The molecule has 2 aliphatic heterocycles. The van der Waals surface area contributed by atoms with Gasteiger partial charge in [-0.05, 0) is 62.7 Å². The van der Waals surface area contributed by atoms with Crippen molar-refractivity contribution < 1.29 is 9.90 Å². The summed E-state index contributed by atoms with van der Waals surface area (Å²) in [6.45, 7) is 3.38. The van der Waals surface area contributed by atoms with Crippen LogP contribution in [0.4, 0.5) is 0 Å². The lowest BCUT2D eigenvalue weighted by Gasteiger charge is -2.40. The van der Waals surface area contributed by atoms with E-state index in [1.165, 1.54) is 12.8 Å². The molecule has 0 unspecified atom stereocenters. The summed E-state index contributed by atoms with van der Waals surface area (Å²) in [6.07, 6.45) is 3.75. The Labute approximate surface area is 163 Å². The van der Waals surface area contributed by atoms with Crippen LogP contribution in [0.2, 0.25) is 0 Å². The molecule has 1 amide bonds. The van der Waals surface area contributed by atoms with Crippen LogP contribution in [0.15, 0.2) is 29.1 Å². The molecule has 28 heavy (non-hydrogen) atoms. The molecule has 148 valence electrons. The van der Waals surface area contributed by atoms with Gasteiger partial charge in [-0.15, -0.1) is 0 Å². The van der Waals surface area contributed by atoms with Crippen molar-refractivity contribution in [2.45, 2.75) is 37.8 Å². The highest BCUT2D eigenvalue weighted by Gasteiger charge is 2.45. The van der Waals surface area contributed by atoms with Crippen molar-refractivity contribution in [2.24, 2.45) is 11.8 Å². The summed E-state index contributed by atoms with van der Waals surface area (Å²) in [5, 5.41) is 10.7. The molecule has 0 spiro atoms. The molecule has 3 fully saturated rings. The largest absolute Gasteiger partial charge is 0.391 e. The number of nitrogens with one attached hydrogen (secondary N) is 1. The van der Waals surface area contributed by atoms with Crippen LogP contribution in [-0.2, 0) is 0 Å². The summed E-state index contributed by atoms with van der Waals surface area (Å²) in [6, 6.07) is 7.45. The molecule has 7 nitrogen and oxygen atoms in total. The molecule has 1 aromatic carbocycles. The molecular weight excluding hydrogens is 356 g/mol. The fourth-order valence-corrected chi connectivity index (χ4v) is 5.36. The van der Waals surface area contributed by atoms with Gasteiger partial charge in [0, 0.05) is 19.1 Å². The van der Waals surface area contributed by atoms with Crippen LogP contribution in [0.3, 0.4) is 0 Å². The monoisotopic (exact) mass is 382 g/mol. The van der Waals surface area contributed by atoms with Crippen molar-refractivity contribution in [3.63, 3.8) is 0 Å². The number of fused-ring (bicyclic) bond motifs is 2. The highest BCUT2D eigenvalue weighted by atomic mass is 16.3. The maximum atomic E-state index is 13.0. The van der Waals surface area contributed by atoms with E-state index < -0.39 is 5.56 Å². The van der Waals surface area contributed by atoms with Crippen molar-refractivity contribution in [3.05, 3.63) is 40.3 Å². The fraction of sp³-hybridized carbons (Fsp3) is 0.571. The highest BCUT2D eigenvalue weighted by molar-refractivity contribution is 5.93. The van der Waals surface area contributed by atoms with E-state index in [1.54, 1.807) is 17.0 Å². The van der Waals surface area contributed by atoms with Crippen molar-refractivity contribution in [3.8, 4) is 0 Å². The second-order valence-electron chi connectivity index (χ2n) is 8.51. The van der Waals surface area contributed by atoms with Gasteiger partial charge in [-0.25, -0.2) is 4.98 Å². The van der Waals surface area contributed by atoms with Crippen molar-refractivity contribution in [1.29, 1.82) is 0 Å². The number of H-pyrrole nitrogens is 1. The molecule has 0 radical (unpaired) electrons. The maximum Gasteiger partial charge on any atom is 0.280 e. The first kappa shape index (κ1) is 17.8. The fourth-order valence-electron chi connectivity index (χ4n) is 5.36. The molecule has 1 aromatic heterocycles. The van der Waals surface area contributed by atoms with Gasteiger partial charge in [0.15, 0.2) is 5.69 Å². The molecule has 2 N–H and O–H groups in total. The SMILES string of the molecule is O=C(c1nc2ccccc2[nH]c1=O)N1C[C@H]2C[C@@H](N3CCCC3)[C@H](O)C[C@H]2C1. The minimum atomic E-state index is -0.437. The summed E-state index contributed by atoms with van der Waals surface area (Å²) in [5.74, 6) is 0.392. The summed E-state index contributed by atoms with van der Waals surface area (Å²) in [5.41, 5.74) is 0.782. The van der Waals surface area contributed by atoms with E-state index in [1.807, 2.05) is 12.1 Å². The molecule has 5 rings (SSSR count). The van der Waals surface area contributed by atoms with E-state index in [4.69, 9.17) is 0 Å². The number of para-hydroxylation sites is 2. The average molecular weight is 382 g/mol. The van der Waals surface area contributed by atoms with Crippen LogP contribution in [0.5, 0.6) is 0 Å². The lowest BCUT2D eigenvalue weighted by Crippen LogP contribution is -2.48. The Balaban J connectivity index is 1.35. The first-order valence-electron chi connectivity index (χ1n) is 10.3. The van der Waals surface area contributed by atoms with Gasteiger partial charge in [0.05, 0.1) is 17.1 Å². The van der Waals surface area contributed by atoms with Gasteiger partial charge in [-0.1, -0.05) is 12.1 Å². The minimum Gasteiger partial charge on any atom is -0.391 e. The Morgan fingerprint density at radius 3 is 2.61 bits per heavy atom. The number of likely N-dealkylation sites (tertiary alicyclic amines) is 2. The van der Waals surface area contributed by atoms with Crippen LogP contribution in [-0.4, -0.2) is 69.1 Å². The van der Waals surface area contributed by atoms with Crippen molar-refractivity contribution in [2.75, 3.05) is 26.2 Å². The van der Waals surface area contributed by atoms with Crippen LogP contribution in [0.1, 0.15) is 36.2 Å². The molecular formula is C21H26N4O3. The van der Waals surface area contributed by atoms with Crippen LogP contribution in [0.25, 0.3) is 11.0 Å². The molecule has 0 bridgehead atoms. The Bertz CT molecular complexity index is 952. The zero-order valence-electron chi connectivity index (χ0n) is 15.9.